The van der Waals surface area contributed by atoms with Crippen LogP contribution in [0.3, 0.4) is 0 Å². The van der Waals surface area contributed by atoms with Crippen LogP contribution in [0.5, 0.6) is 11.5 Å². The molecule has 10 nitrogen and oxygen atoms in total. The lowest BCUT2D eigenvalue weighted by Crippen LogP contribution is -2.21. The Balaban J connectivity index is 1.44. The Morgan fingerprint density at radius 3 is 2.64 bits per heavy atom. The maximum absolute atomic E-state index is 12.6. The van der Waals surface area contributed by atoms with Gasteiger partial charge in [0.1, 0.15) is 0 Å². The summed E-state index contributed by atoms with van der Waals surface area (Å²) in [5.41, 5.74) is 3.52. The van der Waals surface area contributed by atoms with Gasteiger partial charge in [0.15, 0.2) is 18.1 Å². The zero-order valence-electron chi connectivity index (χ0n) is 19.0. The second kappa shape index (κ2) is 11.1. The molecule has 0 spiro atoms. The van der Waals surface area contributed by atoms with Crippen molar-refractivity contribution in [3.63, 3.8) is 0 Å². The number of non-ortho nitro benzene ring substituents is 1. The lowest BCUT2D eigenvalue weighted by molar-refractivity contribution is -0.384. The highest BCUT2D eigenvalue weighted by Gasteiger charge is 2.14. The van der Waals surface area contributed by atoms with Gasteiger partial charge < -0.3 is 14.8 Å². The van der Waals surface area contributed by atoms with Gasteiger partial charge in [-0.3, -0.25) is 19.7 Å². The number of rotatable bonds is 9. The van der Waals surface area contributed by atoms with Gasteiger partial charge in [-0.05, 0) is 36.4 Å². The van der Waals surface area contributed by atoms with E-state index in [0.29, 0.717) is 27.3 Å². The molecule has 182 valence electrons. The number of fused-ring (bicyclic) bond motifs is 1. The summed E-state index contributed by atoms with van der Waals surface area (Å²) >= 11 is 1.20. The van der Waals surface area contributed by atoms with E-state index >= 15 is 0 Å². The van der Waals surface area contributed by atoms with E-state index in [1.54, 1.807) is 42.5 Å². The number of benzene rings is 3. The van der Waals surface area contributed by atoms with Gasteiger partial charge in [-0.1, -0.05) is 24.3 Å². The van der Waals surface area contributed by atoms with Gasteiger partial charge in [-0.15, -0.1) is 11.3 Å². The van der Waals surface area contributed by atoms with Gasteiger partial charge in [0.2, 0.25) is 0 Å². The molecular weight excluding hydrogens is 484 g/mol. The number of amides is 2. The van der Waals surface area contributed by atoms with Gasteiger partial charge >= 0.3 is 0 Å². The number of hydrogen-bond donors (Lipinski definition) is 2. The van der Waals surface area contributed by atoms with Crippen LogP contribution in [0.25, 0.3) is 10.1 Å². The molecule has 0 fully saturated rings. The minimum atomic E-state index is -0.486. The molecule has 0 unspecified atom stereocenters. The van der Waals surface area contributed by atoms with Crippen molar-refractivity contribution in [1.29, 1.82) is 0 Å². The third-order valence-electron chi connectivity index (χ3n) is 4.94. The van der Waals surface area contributed by atoms with Crippen LogP contribution < -0.4 is 20.2 Å². The Bertz CT molecular complexity index is 1450. The van der Waals surface area contributed by atoms with Crippen LogP contribution in [-0.4, -0.2) is 36.7 Å². The highest BCUT2D eigenvalue weighted by atomic mass is 32.1. The van der Waals surface area contributed by atoms with E-state index in [0.717, 1.165) is 4.70 Å². The standard InChI is InChI=1S/C25H20N4O6S/c1-34-20-9-5-6-16(24(20)35-15-23(30)27-18-7-3-2-4-8-18)14-26-28-25(31)22-13-17-12-19(29(32)33)10-11-21(17)36-22/h2-14H,15H2,1H3,(H,27,30)(H,28,31)/b26-14-. The molecule has 4 rings (SSSR count). The smallest absolute Gasteiger partial charge is 0.281 e. The molecular formula is C25H20N4O6S. The van der Waals surface area contributed by atoms with E-state index in [2.05, 4.69) is 15.8 Å². The molecule has 2 amide bonds. The van der Waals surface area contributed by atoms with E-state index in [1.165, 1.54) is 36.8 Å². The number of methoxy groups -OCH3 is 1. The molecule has 0 saturated heterocycles. The summed E-state index contributed by atoms with van der Waals surface area (Å²) in [5.74, 6) is -0.143. The summed E-state index contributed by atoms with van der Waals surface area (Å²) in [6, 6.07) is 20.1. The fourth-order valence-electron chi connectivity index (χ4n) is 3.28. The van der Waals surface area contributed by atoms with Gasteiger partial charge in [0.05, 0.1) is 23.1 Å². The van der Waals surface area contributed by atoms with Crippen molar-refractivity contribution < 1.29 is 24.0 Å². The first-order valence-electron chi connectivity index (χ1n) is 10.6. The highest BCUT2D eigenvalue weighted by molar-refractivity contribution is 7.20. The number of nitrogens with one attached hydrogen (secondary N) is 2. The third kappa shape index (κ3) is 5.83. The fraction of sp³-hybridized carbons (Fsp3) is 0.0800. The fourth-order valence-corrected chi connectivity index (χ4v) is 4.21. The highest BCUT2D eigenvalue weighted by Crippen LogP contribution is 2.31. The van der Waals surface area contributed by atoms with E-state index < -0.39 is 10.8 Å². The number of nitrogens with zero attached hydrogens (tertiary/aromatic N) is 2. The Kier molecular flexibility index (Phi) is 7.51. The predicted molar refractivity (Wildman–Crippen MR) is 137 cm³/mol. The molecule has 0 bridgehead atoms. The molecule has 36 heavy (non-hydrogen) atoms. The van der Waals surface area contributed by atoms with Crippen molar-refractivity contribution in [3.05, 3.63) is 93.4 Å². The average molecular weight is 505 g/mol. The monoisotopic (exact) mass is 504 g/mol. The summed E-state index contributed by atoms with van der Waals surface area (Å²) in [7, 11) is 1.47. The Hall–Kier alpha value is -4.77. The van der Waals surface area contributed by atoms with Gasteiger partial charge in [0.25, 0.3) is 17.5 Å². The number of carbonyl (C=O) groups excluding carboxylic acids is 2. The predicted octanol–water partition coefficient (Wildman–Crippen LogP) is 4.60. The SMILES string of the molecule is COc1cccc(/C=N\NC(=O)c2cc3cc([N+](=O)[O-])ccc3s2)c1OCC(=O)Nc1ccccc1. The van der Waals surface area contributed by atoms with Gasteiger partial charge in [-0.25, -0.2) is 5.43 Å². The number of hydrazone groups is 1. The van der Waals surface area contributed by atoms with Crippen LogP contribution >= 0.6 is 11.3 Å². The van der Waals surface area contributed by atoms with Crippen LogP contribution in [0, 0.1) is 10.1 Å². The summed E-state index contributed by atoms with van der Waals surface area (Å²) in [5, 5.41) is 18.3. The van der Waals surface area contributed by atoms with E-state index in [9.17, 15) is 19.7 Å². The number of nitro groups is 1. The second-order valence-electron chi connectivity index (χ2n) is 7.37. The normalized spacial score (nSPS) is 10.8. The van der Waals surface area contributed by atoms with Crippen molar-refractivity contribution in [2.75, 3.05) is 19.0 Å². The van der Waals surface area contributed by atoms with Crippen LogP contribution in [0.2, 0.25) is 0 Å². The number of anilines is 1. The van der Waals surface area contributed by atoms with Crippen molar-refractivity contribution in [3.8, 4) is 11.5 Å². The van der Waals surface area contributed by atoms with Crippen LogP contribution in [0.4, 0.5) is 11.4 Å². The molecule has 0 atom stereocenters. The molecule has 0 aliphatic carbocycles. The molecule has 0 radical (unpaired) electrons. The summed E-state index contributed by atoms with van der Waals surface area (Å²) in [6.45, 7) is -0.267. The molecule has 1 heterocycles. The summed E-state index contributed by atoms with van der Waals surface area (Å²) in [6.07, 6.45) is 1.38. The zero-order chi connectivity index (χ0) is 25.5. The Morgan fingerprint density at radius 1 is 1.08 bits per heavy atom. The molecule has 11 heteroatoms. The average Bonchev–Trinajstić information content (AvgIpc) is 3.32. The molecule has 0 aliphatic heterocycles. The number of thiophene rings is 1. The van der Waals surface area contributed by atoms with Gasteiger partial charge in [0, 0.05) is 33.5 Å². The lowest BCUT2D eigenvalue weighted by Gasteiger charge is -2.13. The quantitative estimate of drug-likeness (QED) is 0.195. The van der Waals surface area contributed by atoms with Crippen molar-refractivity contribution >= 4 is 50.8 Å². The first-order valence-corrected chi connectivity index (χ1v) is 11.4. The maximum Gasteiger partial charge on any atom is 0.281 e. The van der Waals surface area contributed by atoms with Crippen molar-refractivity contribution in [2.24, 2.45) is 5.10 Å². The Labute approximate surface area is 209 Å². The third-order valence-corrected chi connectivity index (χ3v) is 6.05. The van der Waals surface area contributed by atoms with Gasteiger partial charge in [-0.2, -0.15) is 5.10 Å². The van der Waals surface area contributed by atoms with Crippen LogP contribution in [-0.2, 0) is 4.79 Å². The zero-order valence-corrected chi connectivity index (χ0v) is 19.8. The van der Waals surface area contributed by atoms with E-state index in [-0.39, 0.29) is 24.0 Å². The van der Waals surface area contributed by atoms with Crippen LogP contribution in [0.1, 0.15) is 15.2 Å². The second-order valence-corrected chi connectivity index (χ2v) is 8.45. The number of hydrogen-bond acceptors (Lipinski definition) is 8. The van der Waals surface area contributed by atoms with Crippen molar-refractivity contribution in [2.45, 2.75) is 0 Å². The lowest BCUT2D eigenvalue weighted by atomic mass is 10.2. The molecule has 3 aromatic carbocycles. The molecule has 0 aliphatic rings. The Morgan fingerprint density at radius 2 is 1.89 bits per heavy atom. The molecule has 2 N–H and O–H groups in total. The molecule has 1 aromatic heterocycles. The number of carbonyl (C=O) groups is 2. The molecule has 0 saturated carbocycles. The number of nitro benzene ring substituents is 1. The van der Waals surface area contributed by atoms with E-state index in [4.69, 9.17) is 9.47 Å². The first-order chi connectivity index (χ1) is 17.4. The van der Waals surface area contributed by atoms with Crippen LogP contribution in [0.15, 0.2) is 77.9 Å². The number of para-hydroxylation sites is 2. The topological polar surface area (TPSA) is 132 Å². The van der Waals surface area contributed by atoms with E-state index in [1.807, 2.05) is 18.2 Å². The molecule has 4 aromatic rings. The minimum Gasteiger partial charge on any atom is -0.493 e. The minimum absolute atomic E-state index is 0.0479. The largest absolute Gasteiger partial charge is 0.493 e. The number of ether oxygens (including phenoxy) is 2. The van der Waals surface area contributed by atoms with Crippen molar-refractivity contribution in [1.82, 2.24) is 5.43 Å². The summed E-state index contributed by atoms with van der Waals surface area (Å²) < 4.78 is 11.8. The summed E-state index contributed by atoms with van der Waals surface area (Å²) in [4.78, 5) is 35.7. The maximum atomic E-state index is 12.6. The first kappa shape index (κ1) is 24.4.